The quantitative estimate of drug-likeness (QED) is 0.915. The van der Waals surface area contributed by atoms with Crippen LogP contribution in [0.2, 0.25) is 0 Å². The number of benzene rings is 1. The Hall–Kier alpha value is -1.33. The summed E-state index contributed by atoms with van der Waals surface area (Å²) < 4.78 is 5.85. The Balaban J connectivity index is 2.42. The van der Waals surface area contributed by atoms with E-state index in [0.29, 0.717) is 10.3 Å². The minimum absolute atomic E-state index is 0.0667. The molecule has 0 spiro atoms. The Bertz CT molecular complexity index is 537. The van der Waals surface area contributed by atoms with Gasteiger partial charge in [-0.1, -0.05) is 0 Å². The highest BCUT2D eigenvalue weighted by Crippen LogP contribution is 2.26. The molecular weight excluding hydrogens is 284 g/mol. The molecule has 4 nitrogen and oxygen atoms in total. The second kappa shape index (κ2) is 4.89. The van der Waals surface area contributed by atoms with Gasteiger partial charge in [0.05, 0.1) is 19.4 Å². The van der Waals surface area contributed by atoms with Gasteiger partial charge in [-0.05, 0) is 46.6 Å². The fourth-order valence-corrected chi connectivity index (χ4v) is 2.06. The topological polar surface area (TPSA) is 58.1 Å². The molecule has 0 bridgehead atoms. The summed E-state index contributed by atoms with van der Waals surface area (Å²) in [6.07, 6.45) is 0. The lowest BCUT2D eigenvalue weighted by molar-refractivity contribution is 0.276. The summed E-state index contributed by atoms with van der Waals surface area (Å²) in [6, 6.07) is 5.82. The van der Waals surface area contributed by atoms with E-state index in [1.165, 1.54) is 0 Å². The van der Waals surface area contributed by atoms with Gasteiger partial charge in [0, 0.05) is 5.56 Å². The summed E-state index contributed by atoms with van der Waals surface area (Å²) in [7, 11) is 1.65. The number of imidazole rings is 1. The largest absolute Gasteiger partial charge is 0.496 e. The van der Waals surface area contributed by atoms with Crippen LogP contribution in [0.3, 0.4) is 0 Å². The van der Waals surface area contributed by atoms with Gasteiger partial charge >= 0.3 is 0 Å². The summed E-state index contributed by atoms with van der Waals surface area (Å²) in [5, 5.41) is 9.09. The number of H-pyrrole nitrogens is 1. The molecule has 0 aliphatic carbocycles. The highest BCUT2D eigenvalue weighted by atomic mass is 79.9. The van der Waals surface area contributed by atoms with Gasteiger partial charge in [0.25, 0.3) is 0 Å². The predicted molar refractivity (Wildman–Crippen MR) is 68.9 cm³/mol. The third-order valence-electron chi connectivity index (χ3n) is 2.55. The van der Waals surface area contributed by atoms with Crippen molar-refractivity contribution in [1.82, 2.24) is 9.97 Å². The first-order chi connectivity index (χ1) is 8.15. The maximum Gasteiger partial charge on any atom is 0.138 e. The van der Waals surface area contributed by atoms with E-state index in [4.69, 9.17) is 9.84 Å². The Kier molecular flexibility index (Phi) is 3.49. The van der Waals surface area contributed by atoms with Crippen molar-refractivity contribution in [1.29, 1.82) is 0 Å². The van der Waals surface area contributed by atoms with E-state index in [1.54, 1.807) is 7.11 Å². The maximum atomic E-state index is 9.09. The van der Waals surface area contributed by atoms with Crippen LogP contribution in [0, 0.1) is 6.92 Å². The number of aryl methyl sites for hydroxylation is 1. The van der Waals surface area contributed by atoms with E-state index in [1.807, 2.05) is 25.1 Å². The van der Waals surface area contributed by atoms with Gasteiger partial charge in [-0.3, -0.25) is 0 Å². The fraction of sp³-hybridized carbons (Fsp3) is 0.250. The van der Waals surface area contributed by atoms with Crippen LogP contribution in [0.15, 0.2) is 22.8 Å². The summed E-state index contributed by atoms with van der Waals surface area (Å²) in [6.45, 7) is 1.91. The van der Waals surface area contributed by atoms with Crippen LogP contribution in [0.25, 0.3) is 11.4 Å². The maximum absolute atomic E-state index is 9.09. The van der Waals surface area contributed by atoms with Crippen LogP contribution in [-0.2, 0) is 6.61 Å². The molecule has 1 heterocycles. The second-order valence-electron chi connectivity index (χ2n) is 3.70. The number of methoxy groups -OCH3 is 1. The summed E-state index contributed by atoms with van der Waals surface area (Å²) in [4.78, 5) is 7.37. The van der Waals surface area contributed by atoms with Gasteiger partial charge < -0.3 is 14.8 Å². The molecule has 0 fully saturated rings. The number of hydrogen-bond acceptors (Lipinski definition) is 3. The van der Waals surface area contributed by atoms with Crippen molar-refractivity contribution in [2.75, 3.05) is 7.11 Å². The number of nitrogens with zero attached hydrogens (tertiary/aromatic N) is 1. The smallest absolute Gasteiger partial charge is 0.138 e. The molecule has 90 valence electrons. The highest BCUT2D eigenvalue weighted by molar-refractivity contribution is 9.10. The Morgan fingerprint density at radius 1 is 1.47 bits per heavy atom. The van der Waals surface area contributed by atoms with E-state index in [-0.39, 0.29) is 6.61 Å². The van der Waals surface area contributed by atoms with E-state index >= 15 is 0 Å². The van der Waals surface area contributed by atoms with Crippen molar-refractivity contribution in [3.63, 3.8) is 0 Å². The van der Waals surface area contributed by atoms with Crippen molar-refractivity contribution < 1.29 is 9.84 Å². The molecule has 2 rings (SSSR count). The lowest BCUT2D eigenvalue weighted by Gasteiger charge is -2.05. The molecule has 0 saturated carbocycles. The van der Waals surface area contributed by atoms with Crippen LogP contribution < -0.4 is 4.74 Å². The van der Waals surface area contributed by atoms with Gasteiger partial charge in [-0.15, -0.1) is 0 Å². The number of hydrogen-bond donors (Lipinski definition) is 2. The standard InChI is InChI=1S/C12H13BrN2O2/c1-7-5-8(3-4-10(7)17-2)12-14-9(6-16)11(13)15-12/h3-5,16H,6H2,1-2H3,(H,14,15). The average Bonchev–Trinajstić information content (AvgIpc) is 2.70. The van der Waals surface area contributed by atoms with Gasteiger partial charge in [0.15, 0.2) is 0 Å². The number of aromatic nitrogens is 2. The minimum atomic E-state index is -0.0667. The summed E-state index contributed by atoms with van der Waals surface area (Å²) in [5.74, 6) is 1.58. The number of aromatic amines is 1. The molecule has 0 unspecified atom stereocenters. The van der Waals surface area contributed by atoms with E-state index in [9.17, 15) is 0 Å². The fourth-order valence-electron chi connectivity index (χ4n) is 1.66. The SMILES string of the molecule is COc1ccc(-c2nc(Br)c(CO)[nH]2)cc1C. The van der Waals surface area contributed by atoms with Crippen molar-refractivity contribution in [3.05, 3.63) is 34.1 Å². The van der Waals surface area contributed by atoms with Crippen LogP contribution in [0.5, 0.6) is 5.75 Å². The van der Waals surface area contributed by atoms with Gasteiger partial charge in [-0.2, -0.15) is 0 Å². The van der Waals surface area contributed by atoms with Crippen LogP contribution in [0.1, 0.15) is 11.3 Å². The monoisotopic (exact) mass is 296 g/mol. The van der Waals surface area contributed by atoms with Crippen molar-refractivity contribution in [3.8, 4) is 17.1 Å². The lowest BCUT2D eigenvalue weighted by Crippen LogP contribution is -1.89. The molecule has 2 aromatic rings. The zero-order chi connectivity index (χ0) is 12.4. The number of nitrogens with one attached hydrogen (secondary N) is 1. The molecule has 0 saturated heterocycles. The first-order valence-corrected chi connectivity index (χ1v) is 5.95. The zero-order valence-corrected chi connectivity index (χ0v) is 11.2. The van der Waals surface area contributed by atoms with E-state index < -0.39 is 0 Å². The second-order valence-corrected chi connectivity index (χ2v) is 4.45. The molecule has 0 aliphatic rings. The Labute approximate surface area is 108 Å². The van der Waals surface area contributed by atoms with Crippen molar-refractivity contribution in [2.45, 2.75) is 13.5 Å². The third-order valence-corrected chi connectivity index (χ3v) is 3.21. The molecule has 0 atom stereocenters. The number of rotatable bonds is 3. The number of aliphatic hydroxyl groups excluding tert-OH is 1. The predicted octanol–water partition coefficient (Wildman–Crippen LogP) is 2.65. The molecule has 1 aromatic carbocycles. The molecule has 0 radical (unpaired) electrons. The molecule has 1 aromatic heterocycles. The molecule has 0 amide bonds. The van der Waals surface area contributed by atoms with Crippen LogP contribution in [0.4, 0.5) is 0 Å². The third kappa shape index (κ3) is 2.35. The van der Waals surface area contributed by atoms with E-state index in [2.05, 4.69) is 25.9 Å². The van der Waals surface area contributed by atoms with Gasteiger partial charge in [-0.25, -0.2) is 4.98 Å². The minimum Gasteiger partial charge on any atom is -0.496 e. The van der Waals surface area contributed by atoms with Gasteiger partial charge in [0.2, 0.25) is 0 Å². The summed E-state index contributed by atoms with van der Waals surface area (Å²) >= 11 is 3.29. The highest BCUT2D eigenvalue weighted by Gasteiger charge is 2.09. The Morgan fingerprint density at radius 3 is 2.76 bits per heavy atom. The molecule has 5 heteroatoms. The Morgan fingerprint density at radius 2 is 2.24 bits per heavy atom. The molecule has 0 aliphatic heterocycles. The lowest BCUT2D eigenvalue weighted by atomic mass is 10.1. The average molecular weight is 297 g/mol. The molecule has 17 heavy (non-hydrogen) atoms. The van der Waals surface area contributed by atoms with Crippen molar-refractivity contribution in [2.24, 2.45) is 0 Å². The van der Waals surface area contributed by atoms with Gasteiger partial charge in [0.1, 0.15) is 16.2 Å². The first-order valence-electron chi connectivity index (χ1n) is 5.16. The zero-order valence-electron chi connectivity index (χ0n) is 9.62. The number of ether oxygens (including phenoxy) is 1. The molecule has 2 N–H and O–H groups in total. The number of aliphatic hydroxyl groups is 1. The normalized spacial score (nSPS) is 10.6. The first kappa shape index (κ1) is 12.1. The number of halogens is 1. The van der Waals surface area contributed by atoms with Crippen LogP contribution in [-0.4, -0.2) is 22.2 Å². The van der Waals surface area contributed by atoms with Crippen LogP contribution >= 0.6 is 15.9 Å². The molecular formula is C12H13BrN2O2. The van der Waals surface area contributed by atoms with E-state index in [0.717, 1.165) is 22.7 Å². The van der Waals surface area contributed by atoms with Crippen molar-refractivity contribution >= 4 is 15.9 Å². The summed E-state index contributed by atoms with van der Waals surface area (Å²) in [5.41, 5.74) is 2.68.